The van der Waals surface area contributed by atoms with E-state index in [1.165, 1.54) is 12.1 Å². The number of hydrogen-bond donors (Lipinski definition) is 1. The fourth-order valence-electron chi connectivity index (χ4n) is 0.900. The van der Waals surface area contributed by atoms with E-state index < -0.39 is 5.82 Å². The number of aliphatic hydroxyl groups is 1. The van der Waals surface area contributed by atoms with Gasteiger partial charge in [-0.3, -0.25) is 0 Å². The van der Waals surface area contributed by atoms with Crippen LogP contribution in [-0.2, 0) is 0 Å². The SMILES string of the molecule is CC(CO)COc1cc(F)c(Cl)cc1Br. The highest BCUT2D eigenvalue weighted by Crippen LogP contribution is 2.30. The highest BCUT2D eigenvalue weighted by atomic mass is 79.9. The smallest absolute Gasteiger partial charge is 0.145 e. The Morgan fingerprint density at radius 1 is 1.60 bits per heavy atom. The first kappa shape index (κ1) is 12.7. The summed E-state index contributed by atoms with van der Waals surface area (Å²) in [6, 6.07) is 2.66. The molecule has 0 aliphatic heterocycles. The predicted molar refractivity (Wildman–Crippen MR) is 60.9 cm³/mol. The summed E-state index contributed by atoms with van der Waals surface area (Å²) in [5.74, 6) is -0.126. The fraction of sp³-hybridized carbons (Fsp3) is 0.400. The van der Waals surface area contributed by atoms with Crippen molar-refractivity contribution in [2.24, 2.45) is 5.92 Å². The minimum Gasteiger partial charge on any atom is -0.492 e. The molecule has 0 aromatic heterocycles. The van der Waals surface area contributed by atoms with Crippen molar-refractivity contribution in [1.29, 1.82) is 0 Å². The van der Waals surface area contributed by atoms with Gasteiger partial charge in [0.2, 0.25) is 0 Å². The Kier molecular flexibility index (Phi) is 4.83. The van der Waals surface area contributed by atoms with Crippen molar-refractivity contribution in [3.63, 3.8) is 0 Å². The van der Waals surface area contributed by atoms with Crippen molar-refractivity contribution in [2.75, 3.05) is 13.2 Å². The summed E-state index contributed by atoms with van der Waals surface area (Å²) in [5, 5.41) is 8.84. The van der Waals surface area contributed by atoms with Crippen molar-refractivity contribution in [3.05, 3.63) is 27.4 Å². The summed E-state index contributed by atoms with van der Waals surface area (Å²) in [6.07, 6.45) is 0. The summed E-state index contributed by atoms with van der Waals surface area (Å²) < 4.78 is 19.0. The zero-order valence-electron chi connectivity index (χ0n) is 8.14. The lowest BCUT2D eigenvalue weighted by molar-refractivity contribution is 0.173. The average molecular weight is 298 g/mol. The quantitative estimate of drug-likeness (QED) is 0.865. The molecule has 0 radical (unpaired) electrons. The molecule has 0 bridgehead atoms. The molecule has 0 aliphatic rings. The van der Waals surface area contributed by atoms with Crippen molar-refractivity contribution in [2.45, 2.75) is 6.92 Å². The molecule has 1 N–H and O–H groups in total. The lowest BCUT2D eigenvalue weighted by atomic mass is 10.2. The second-order valence-corrected chi connectivity index (χ2v) is 4.56. The minimum atomic E-state index is -0.522. The summed E-state index contributed by atoms with van der Waals surface area (Å²) in [6.45, 7) is 2.20. The Morgan fingerprint density at radius 2 is 2.27 bits per heavy atom. The van der Waals surface area contributed by atoms with Crippen LogP contribution in [0.1, 0.15) is 6.92 Å². The molecule has 2 nitrogen and oxygen atoms in total. The third-order valence-electron chi connectivity index (χ3n) is 1.81. The van der Waals surface area contributed by atoms with E-state index >= 15 is 0 Å². The van der Waals surface area contributed by atoms with Gasteiger partial charge in [0.25, 0.3) is 0 Å². The maximum atomic E-state index is 13.1. The predicted octanol–water partition coefficient (Wildman–Crippen LogP) is 3.25. The molecule has 15 heavy (non-hydrogen) atoms. The zero-order valence-corrected chi connectivity index (χ0v) is 10.5. The molecule has 84 valence electrons. The number of benzene rings is 1. The van der Waals surface area contributed by atoms with Crippen LogP contribution < -0.4 is 4.74 Å². The molecule has 0 fully saturated rings. The van der Waals surface area contributed by atoms with Crippen LogP contribution in [-0.4, -0.2) is 18.3 Å². The van der Waals surface area contributed by atoms with Crippen LogP contribution in [0.2, 0.25) is 5.02 Å². The summed E-state index contributed by atoms with van der Waals surface area (Å²) in [7, 11) is 0. The fourth-order valence-corrected chi connectivity index (χ4v) is 1.65. The first-order valence-corrected chi connectivity index (χ1v) is 5.60. The van der Waals surface area contributed by atoms with E-state index in [0.29, 0.717) is 16.8 Å². The van der Waals surface area contributed by atoms with Gasteiger partial charge in [-0.25, -0.2) is 4.39 Å². The Balaban J connectivity index is 2.73. The van der Waals surface area contributed by atoms with Crippen LogP contribution in [0.15, 0.2) is 16.6 Å². The van der Waals surface area contributed by atoms with Gasteiger partial charge >= 0.3 is 0 Å². The summed E-state index contributed by atoms with van der Waals surface area (Å²) >= 11 is 8.79. The number of halogens is 3. The molecule has 1 atom stereocenters. The Hall–Kier alpha value is -0.320. The van der Waals surface area contributed by atoms with Gasteiger partial charge < -0.3 is 9.84 Å². The second-order valence-electron chi connectivity index (χ2n) is 3.30. The molecule has 1 aromatic rings. The third-order valence-corrected chi connectivity index (χ3v) is 2.72. The molecule has 5 heteroatoms. The second kappa shape index (κ2) is 5.68. The normalized spacial score (nSPS) is 12.6. The molecule has 0 saturated carbocycles. The third kappa shape index (κ3) is 3.63. The first-order valence-electron chi connectivity index (χ1n) is 4.42. The van der Waals surface area contributed by atoms with Crippen molar-refractivity contribution in [3.8, 4) is 5.75 Å². The van der Waals surface area contributed by atoms with Crippen molar-refractivity contribution in [1.82, 2.24) is 0 Å². The van der Waals surface area contributed by atoms with Crippen LogP contribution in [0, 0.1) is 11.7 Å². The number of aliphatic hydroxyl groups excluding tert-OH is 1. The zero-order chi connectivity index (χ0) is 11.4. The molecular formula is C10H11BrClFO2. The maximum Gasteiger partial charge on any atom is 0.145 e. The molecule has 1 aromatic carbocycles. The summed E-state index contributed by atoms with van der Waals surface area (Å²) in [5.41, 5.74) is 0. The topological polar surface area (TPSA) is 29.5 Å². The molecular weight excluding hydrogens is 286 g/mol. The minimum absolute atomic E-state index is 0.00985. The van der Waals surface area contributed by atoms with E-state index in [1.807, 2.05) is 6.92 Å². The van der Waals surface area contributed by atoms with Crippen LogP contribution >= 0.6 is 27.5 Å². The van der Waals surface area contributed by atoms with E-state index in [9.17, 15) is 4.39 Å². The highest BCUT2D eigenvalue weighted by molar-refractivity contribution is 9.10. The van der Waals surface area contributed by atoms with Gasteiger partial charge in [-0.05, 0) is 22.0 Å². The van der Waals surface area contributed by atoms with Gasteiger partial charge in [0.05, 0.1) is 16.1 Å². The Bertz CT molecular complexity index is 346. The lowest BCUT2D eigenvalue weighted by Crippen LogP contribution is -2.12. The lowest BCUT2D eigenvalue weighted by Gasteiger charge is -2.12. The molecule has 1 unspecified atom stereocenters. The van der Waals surface area contributed by atoms with Gasteiger partial charge in [-0.15, -0.1) is 0 Å². The van der Waals surface area contributed by atoms with Crippen molar-refractivity contribution >= 4 is 27.5 Å². The molecule has 0 spiro atoms. The standard InChI is InChI=1S/C10H11BrClFO2/c1-6(4-14)5-15-10-3-9(13)8(12)2-7(10)11/h2-3,6,14H,4-5H2,1H3. The number of rotatable bonds is 4. The van der Waals surface area contributed by atoms with E-state index in [-0.39, 0.29) is 17.5 Å². The Morgan fingerprint density at radius 3 is 2.87 bits per heavy atom. The molecule has 0 saturated heterocycles. The van der Waals surface area contributed by atoms with E-state index in [2.05, 4.69) is 15.9 Å². The van der Waals surface area contributed by atoms with Crippen LogP contribution in [0.5, 0.6) is 5.75 Å². The van der Waals surface area contributed by atoms with Crippen LogP contribution in [0.25, 0.3) is 0 Å². The van der Waals surface area contributed by atoms with Crippen LogP contribution in [0.4, 0.5) is 4.39 Å². The summed E-state index contributed by atoms with van der Waals surface area (Å²) in [4.78, 5) is 0. The van der Waals surface area contributed by atoms with Crippen molar-refractivity contribution < 1.29 is 14.2 Å². The molecule has 0 heterocycles. The molecule has 0 amide bonds. The first-order chi connectivity index (χ1) is 7.04. The van der Waals surface area contributed by atoms with Gasteiger partial charge in [0.1, 0.15) is 11.6 Å². The van der Waals surface area contributed by atoms with Crippen LogP contribution in [0.3, 0.4) is 0 Å². The van der Waals surface area contributed by atoms with E-state index in [1.54, 1.807) is 0 Å². The van der Waals surface area contributed by atoms with Gasteiger partial charge in [-0.1, -0.05) is 18.5 Å². The highest BCUT2D eigenvalue weighted by Gasteiger charge is 2.09. The Labute approximate surface area is 101 Å². The van der Waals surface area contributed by atoms with Gasteiger partial charge in [0, 0.05) is 18.6 Å². The van der Waals surface area contributed by atoms with Gasteiger partial charge in [0.15, 0.2) is 0 Å². The largest absolute Gasteiger partial charge is 0.492 e. The molecule has 1 rings (SSSR count). The average Bonchev–Trinajstić information content (AvgIpc) is 2.21. The van der Waals surface area contributed by atoms with E-state index in [0.717, 1.165) is 0 Å². The number of hydrogen-bond acceptors (Lipinski definition) is 2. The molecule has 0 aliphatic carbocycles. The van der Waals surface area contributed by atoms with E-state index in [4.69, 9.17) is 21.4 Å². The van der Waals surface area contributed by atoms with Gasteiger partial charge in [-0.2, -0.15) is 0 Å². The number of ether oxygens (including phenoxy) is 1. The monoisotopic (exact) mass is 296 g/mol. The maximum absolute atomic E-state index is 13.1.